The van der Waals surface area contributed by atoms with Crippen molar-refractivity contribution in [3.8, 4) is 6.07 Å². The molecule has 0 unspecified atom stereocenters. The molecule has 0 radical (unpaired) electrons. The molecule has 0 N–H and O–H groups in total. The lowest BCUT2D eigenvalue weighted by Crippen LogP contribution is -2.48. The fourth-order valence-electron chi connectivity index (χ4n) is 2.97. The highest BCUT2D eigenvalue weighted by molar-refractivity contribution is 4.94. The van der Waals surface area contributed by atoms with Gasteiger partial charge in [0.25, 0.3) is 0 Å². The zero-order chi connectivity index (χ0) is 9.86. The average Bonchev–Trinajstić information content (AvgIpc) is 2.18. The number of nitrogens with zero attached hydrogens (tertiary/aromatic N) is 1. The molecule has 2 rings (SSSR count). The highest BCUT2D eigenvalue weighted by Gasteiger charge is 2.44. The molecular weight excluding hydrogens is 174 g/mol. The Hall–Kier alpha value is -0.550. The quantitative estimate of drug-likeness (QED) is 0.690. The molecule has 78 valence electrons. The maximum absolute atomic E-state index is 8.66. The van der Waals surface area contributed by atoms with Gasteiger partial charge in [0, 0.05) is 11.8 Å². The third kappa shape index (κ3) is 1.79. The van der Waals surface area contributed by atoms with Gasteiger partial charge >= 0.3 is 0 Å². The van der Waals surface area contributed by atoms with Crippen LogP contribution in [0.15, 0.2) is 0 Å². The summed E-state index contributed by atoms with van der Waals surface area (Å²) >= 11 is 0. The molecule has 0 amide bonds. The van der Waals surface area contributed by atoms with E-state index in [-0.39, 0.29) is 0 Å². The van der Waals surface area contributed by atoms with Gasteiger partial charge in [-0.3, -0.25) is 0 Å². The molecule has 1 heterocycles. The van der Waals surface area contributed by atoms with E-state index >= 15 is 0 Å². The van der Waals surface area contributed by atoms with Gasteiger partial charge in [-0.15, -0.1) is 0 Å². The second-order valence-electron chi connectivity index (χ2n) is 4.85. The van der Waals surface area contributed by atoms with Crippen LogP contribution in [0.25, 0.3) is 0 Å². The number of ether oxygens (including phenoxy) is 1. The first kappa shape index (κ1) is 9.98. The van der Waals surface area contributed by atoms with Crippen molar-refractivity contribution in [3.05, 3.63) is 0 Å². The smallest absolute Gasteiger partial charge is 0.0621 e. The zero-order valence-electron chi connectivity index (χ0n) is 8.80. The topological polar surface area (TPSA) is 33.0 Å². The Labute approximate surface area is 86.2 Å². The van der Waals surface area contributed by atoms with Crippen LogP contribution in [-0.4, -0.2) is 13.2 Å². The molecule has 0 aromatic rings. The first-order valence-corrected chi connectivity index (χ1v) is 5.82. The van der Waals surface area contributed by atoms with E-state index in [1.165, 1.54) is 32.1 Å². The van der Waals surface area contributed by atoms with Crippen molar-refractivity contribution in [3.63, 3.8) is 0 Å². The van der Waals surface area contributed by atoms with Crippen LogP contribution < -0.4 is 0 Å². The highest BCUT2D eigenvalue weighted by Crippen LogP contribution is 2.46. The minimum Gasteiger partial charge on any atom is -0.380 e. The lowest BCUT2D eigenvalue weighted by Gasteiger charge is -2.48. The number of hydrogen-bond acceptors (Lipinski definition) is 2. The molecule has 0 aromatic carbocycles. The first-order chi connectivity index (χ1) is 6.87. The van der Waals surface area contributed by atoms with Crippen molar-refractivity contribution in [2.24, 2.45) is 11.3 Å². The molecule has 2 aliphatic rings. The van der Waals surface area contributed by atoms with Crippen molar-refractivity contribution in [1.29, 1.82) is 5.26 Å². The van der Waals surface area contributed by atoms with Gasteiger partial charge in [0.05, 0.1) is 19.3 Å². The molecule has 1 saturated carbocycles. The van der Waals surface area contributed by atoms with Crippen molar-refractivity contribution >= 4 is 0 Å². The molecule has 1 saturated heterocycles. The van der Waals surface area contributed by atoms with E-state index < -0.39 is 0 Å². The molecule has 0 spiro atoms. The molecule has 1 aliphatic heterocycles. The molecule has 0 bridgehead atoms. The third-order valence-electron chi connectivity index (χ3n) is 3.98. The van der Waals surface area contributed by atoms with Crippen LogP contribution in [0.1, 0.15) is 44.9 Å². The zero-order valence-corrected chi connectivity index (χ0v) is 8.80. The summed E-state index contributed by atoms with van der Waals surface area (Å²) in [7, 11) is 0. The van der Waals surface area contributed by atoms with E-state index in [2.05, 4.69) is 6.07 Å². The normalized spacial score (nSPS) is 26.5. The standard InChI is InChI=1S/C12H19NO/c13-8-4-7-12(9-14-10-12)11-5-2-1-3-6-11/h11H,1-7,9-10H2. The van der Waals surface area contributed by atoms with Gasteiger partial charge in [-0.1, -0.05) is 19.3 Å². The van der Waals surface area contributed by atoms with Crippen molar-refractivity contribution in [1.82, 2.24) is 0 Å². The van der Waals surface area contributed by atoms with E-state index in [9.17, 15) is 0 Å². The van der Waals surface area contributed by atoms with E-state index in [0.29, 0.717) is 11.8 Å². The maximum Gasteiger partial charge on any atom is 0.0621 e. The van der Waals surface area contributed by atoms with Gasteiger partial charge in [0.2, 0.25) is 0 Å². The number of hydrogen-bond donors (Lipinski definition) is 0. The Kier molecular flexibility index (Phi) is 3.08. The van der Waals surface area contributed by atoms with E-state index in [4.69, 9.17) is 10.00 Å². The lowest BCUT2D eigenvalue weighted by atomic mass is 9.65. The number of rotatable bonds is 3. The van der Waals surface area contributed by atoms with Crippen LogP contribution in [0.2, 0.25) is 0 Å². The molecule has 14 heavy (non-hydrogen) atoms. The van der Waals surface area contributed by atoms with Crippen LogP contribution in [0.4, 0.5) is 0 Å². The van der Waals surface area contributed by atoms with Crippen molar-refractivity contribution < 1.29 is 4.74 Å². The lowest BCUT2D eigenvalue weighted by molar-refractivity contribution is -0.156. The second kappa shape index (κ2) is 4.31. The van der Waals surface area contributed by atoms with Gasteiger partial charge in [-0.05, 0) is 25.2 Å². The summed E-state index contributed by atoms with van der Waals surface area (Å²) in [6.45, 7) is 1.83. The Bertz CT molecular complexity index is 221. The van der Waals surface area contributed by atoms with Gasteiger partial charge < -0.3 is 4.74 Å². The number of nitriles is 1. The van der Waals surface area contributed by atoms with Gasteiger partial charge in [-0.2, -0.15) is 5.26 Å². The Balaban J connectivity index is 1.93. The average molecular weight is 193 g/mol. The minimum absolute atomic E-state index is 0.399. The van der Waals surface area contributed by atoms with Crippen LogP contribution in [0.5, 0.6) is 0 Å². The van der Waals surface area contributed by atoms with E-state index in [0.717, 1.165) is 25.6 Å². The Morgan fingerprint density at radius 1 is 1.21 bits per heavy atom. The van der Waals surface area contributed by atoms with Crippen LogP contribution in [-0.2, 0) is 4.74 Å². The monoisotopic (exact) mass is 193 g/mol. The summed E-state index contributed by atoms with van der Waals surface area (Å²) in [5, 5.41) is 8.66. The molecule has 0 aromatic heterocycles. The first-order valence-electron chi connectivity index (χ1n) is 5.82. The third-order valence-corrected chi connectivity index (χ3v) is 3.98. The molecule has 1 aliphatic carbocycles. The molecular formula is C12H19NO. The van der Waals surface area contributed by atoms with E-state index in [1.807, 2.05) is 0 Å². The molecule has 0 atom stereocenters. The molecule has 2 nitrogen and oxygen atoms in total. The van der Waals surface area contributed by atoms with E-state index in [1.54, 1.807) is 0 Å². The largest absolute Gasteiger partial charge is 0.380 e. The van der Waals surface area contributed by atoms with Crippen LogP contribution in [0.3, 0.4) is 0 Å². The predicted octanol–water partition coefficient (Wildman–Crippen LogP) is 2.89. The SMILES string of the molecule is N#CCCC1(C2CCCCC2)COC1. The summed E-state index contributed by atoms with van der Waals surface area (Å²) in [4.78, 5) is 0. The summed E-state index contributed by atoms with van der Waals surface area (Å²) in [5.74, 6) is 0.846. The fourth-order valence-corrected chi connectivity index (χ4v) is 2.97. The molecule has 2 heteroatoms. The Morgan fingerprint density at radius 2 is 1.93 bits per heavy atom. The minimum atomic E-state index is 0.399. The fraction of sp³-hybridized carbons (Fsp3) is 0.917. The van der Waals surface area contributed by atoms with Crippen LogP contribution in [0, 0.1) is 22.7 Å². The van der Waals surface area contributed by atoms with Crippen molar-refractivity contribution in [2.45, 2.75) is 44.9 Å². The van der Waals surface area contributed by atoms with Crippen molar-refractivity contribution in [2.75, 3.05) is 13.2 Å². The summed E-state index contributed by atoms with van der Waals surface area (Å²) in [6, 6.07) is 2.28. The Morgan fingerprint density at radius 3 is 2.43 bits per heavy atom. The summed E-state index contributed by atoms with van der Waals surface area (Å²) in [5.41, 5.74) is 0.399. The maximum atomic E-state index is 8.66. The van der Waals surface area contributed by atoms with Crippen LogP contribution >= 0.6 is 0 Å². The molecule has 2 fully saturated rings. The van der Waals surface area contributed by atoms with Gasteiger partial charge in [-0.25, -0.2) is 0 Å². The highest BCUT2D eigenvalue weighted by atomic mass is 16.5. The summed E-state index contributed by atoms with van der Waals surface area (Å²) in [6.07, 6.45) is 8.70. The second-order valence-corrected chi connectivity index (χ2v) is 4.85. The predicted molar refractivity (Wildman–Crippen MR) is 54.7 cm³/mol. The summed E-state index contributed by atoms with van der Waals surface area (Å²) < 4.78 is 5.38. The van der Waals surface area contributed by atoms with Gasteiger partial charge in [0.1, 0.15) is 0 Å². The van der Waals surface area contributed by atoms with Gasteiger partial charge in [0.15, 0.2) is 0 Å².